The molecule has 0 saturated carbocycles. The van der Waals surface area contributed by atoms with Crippen molar-refractivity contribution in [3.8, 4) is 11.1 Å². The van der Waals surface area contributed by atoms with Gasteiger partial charge in [-0.2, -0.15) is 5.10 Å². The van der Waals surface area contributed by atoms with Crippen molar-refractivity contribution in [2.75, 3.05) is 0 Å². The number of aryl methyl sites for hydroxylation is 2. The molecule has 0 saturated heterocycles. The number of benzene rings is 1. The second-order valence-corrected chi connectivity index (χ2v) is 7.39. The van der Waals surface area contributed by atoms with Crippen molar-refractivity contribution in [3.05, 3.63) is 68.8 Å². The van der Waals surface area contributed by atoms with E-state index in [4.69, 9.17) is 0 Å². The summed E-state index contributed by atoms with van der Waals surface area (Å²) in [4.78, 5) is 22.1. The standard InChI is InChI=1S/C19H18N4O2S/c1-11-14(10-24)8-23(22-11)9-15-20-18(25)17-16(12(2)26-19(17)21-15)13-6-4-3-5-7-13/h3-8,24H,9-10H2,1-2H3,(H,20,21,25). The molecule has 0 atom stereocenters. The molecule has 0 radical (unpaired) electrons. The summed E-state index contributed by atoms with van der Waals surface area (Å²) in [5, 5.41) is 14.3. The van der Waals surface area contributed by atoms with Gasteiger partial charge in [-0.3, -0.25) is 9.48 Å². The van der Waals surface area contributed by atoms with E-state index in [0.29, 0.717) is 17.8 Å². The van der Waals surface area contributed by atoms with E-state index in [9.17, 15) is 9.90 Å². The van der Waals surface area contributed by atoms with E-state index in [-0.39, 0.29) is 12.2 Å². The third-order valence-electron chi connectivity index (χ3n) is 4.38. The van der Waals surface area contributed by atoms with Gasteiger partial charge in [-0.1, -0.05) is 30.3 Å². The van der Waals surface area contributed by atoms with Crippen molar-refractivity contribution < 1.29 is 5.11 Å². The topological polar surface area (TPSA) is 83.8 Å². The molecular formula is C19H18N4O2S. The Balaban J connectivity index is 1.79. The van der Waals surface area contributed by atoms with Crippen LogP contribution in [-0.2, 0) is 13.2 Å². The number of aromatic nitrogens is 4. The summed E-state index contributed by atoms with van der Waals surface area (Å²) >= 11 is 1.52. The molecule has 26 heavy (non-hydrogen) atoms. The van der Waals surface area contributed by atoms with E-state index < -0.39 is 0 Å². The summed E-state index contributed by atoms with van der Waals surface area (Å²) in [6.07, 6.45) is 1.77. The fourth-order valence-electron chi connectivity index (χ4n) is 3.14. The third kappa shape index (κ3) is 2.85. The van der Waals surface area contributed by atoms with Crippen LogP contribution in [0.15, 0.2) is 41.3 Å². The molecule has 0 unspecified atom stereocenters. The molecule has 132 valence electrons. The Bertz CT molecular complexity index is 1140. The minimum absolute atomic E-state index is 0.0562. The van der Waals surface area contributed by atoms with Gasteiger partial charge in [-0.15, -0.1) is 11.3 Å². The lowest BCUT2D eigenvalue weighted by molar-refractivity contribution is 0.281. The minimum atomic E-state index is -0.139. The maximum Gasteiger partial charge on any atom is 0.260 e. The number of hydrogen-bond acceptors (Lipinski definition) is 5. The summed E-state index contributed by atoms with van der Waals surface area (Å²) in [5.74, 6) is 0.551. The van der Waals surface area contributed by atoms with Gasteiger partial charge in [0, 0.05) is 22.2 Å². The normalized spacial score (nSPS) is 11.3. The van der Waals surface area contributed by atoms with E-state index in [1.54, 1.807) is 10.9 Å². The highest BCUT2D eigenvalue weighted by Crippen LogP contribution is 2.35. The molecule has 0 aliphatic heterocycles. The van der Waals surface area contributed by atoms with Crippen molar-refractivity contribution in [1.29, 1.82) is 0 Å². The van der Waals surface area contributed by atoms with Gasteiger partial charge in [0.25, 0.3) is 5.56 Å². The van der Waals surface area contributed by atoms with Crippen LogP contribution in [-0.4, -0.2) is 24.9 Å². The molecule has 0 amide bonds. The number of aliphatic hydroxyl groups is 1. The van der Waals surface area contributed by atoms with Gasteiger partial charge in [0.15, 0.2) is 0 Å². The van der Waals surface area contributed by atoms with Gasteiger partial charge in [-0.05, 0) is 19.4 Å². The van der Waals surface area contributed by atoms with E-state index in [1.807, 2.05) is 44.2 Å². The molecule has 4 rings (SSSR count). The van der Waals surface area contributed by atoms with Crippen LogP contribution in [0.5, 0.6) is 0 Å². The lowest BCUT2D eigenvalue weighted by atomic mass is 10.0. The number of rotatable bonds is 4. The lowest BCUT2D eigenvalue weighted by Gasteiger charge is -2.03. The van der Waals surface area contributed by atoms with Crippen LogP contribution < -0.4 is 5.56 Å². The highest BCUT2D eigenvalue weighted by molar-refractivity contribution is 7.19. The monoisotopic (exact) mass is 366 g/mol. The molecular weight excluding hydrogens is 348 g/mol. The summed E-state index contributed by atoms with van der Waals surface area (Å²) in [6.45, 7) is 4.15. The maximum atomic E-state index is 12.8. The Morgan fingerprint density at radius 1 is 1.23 bits per heavy atom. The Labute approximate surface area is 153 Å². The van der Waals surface area contributed by atoms with Crippen LogP contribution in [0.3, 0.4) is 0 Å². The lowest BCUT2D eigenvalue weighted by Crippen LogP contribution is -2.14. The average molecular weight is 366 g/mol. The highest BCUT2D eigenvalue weighted by Gasteiger charge is 2.16. The van der Waals surface area contributed by atoms with Crippen LogP contribution >= 0.6 is 11.3 Å². The van der Waals surface area contributed by atoms with Crippen molar-refractivity contribution in [1.82, 2.24) is 19.7 Å². The van der Waals surface area contributed by atoms with Crippen LogP contribution in [0.25, 0.3) is 21.3 Å². The van der Waals surface area contributed by atoms with Crippen molar-refractivity contribution in [3.63, 3.8) is 0 Å². The molecule has 1 aromatic carbocycles. The number of fused-ring (bicyclic) bond motifs is 1. The predicted molar refractivity (Wildman–Crippen MR) is 102 cm³/mol. The maximum absolute atomic E-state index is 12.8. The molecule has 7 heteroatoms. The van der Waals surface area contributed by atoms with Gasteiger partial charge in [0.05, 0.1) is 24.2 Å². The first kappa shape index (κ1) is 16.7. The number of thiophene rings is 1. The number of aliphatic hydroxyl groups excluding tert-OH is 1. The molecule has 0 bridgehead atoms. The third-order valence-corrected chi connectivity index (χ3v) is 5.38. The predicted octanol–water partition coefficient (Wildman–Crippen LogP) is 3.01. The second-order valence-electron chi connectivity index (χ2n) is 6.19. The second kappa shape index (κ2) is 6.51. The van der Waals surface area contributed by atoms with Crippen LogP contribution in [0.4, 0.5) is 0 Å². The van der Waals surface area contributed by atoms with Crippen LogP contribution in [0.2, 0.25) is 0 Å². The minimum Gasteiger partial charge on any atom is -0.392 e. The first-order chi connectivity index (χ1) is 12.6. The van der Waals surface area contributed by atoms with Gasteiger partial charge in [-0.25, -0.2) is 4.98 Å². The molecule has 0 spiro atoms. The van der Waals surface area contributed by atoms with Crippen molar-refractivity contribution in [2.45, 2.75) is 27.0 Å². The number of aromatic amines is 1. The smallest absolute Gasteiger partial charge is 0.260 e. The summed E-state index contributed by atoms with van der Waals surface area (Å²) in [6, 6.07) is 9.90. The van der Waals surface area contributed by atoms with Crippen LogP contribution in [0.1, 0.15) is 22.0 Å². The first-order valence-electron chi connectivity index (χ1n) is 8.28. The highest BCUT2D eigenvalue weighted by atomic mass is 32.1. The number of H-pyrrole nitrogens is 1. The van der Waals surface area contributed by atoms with E-state index >= 15 is 0 Å². The zero-order valence-corrected chi connectivity index (χ0v) is 15.3. The molecule has 0 fully saturated rings. The molecule has 4 aromatic rings. The number of hydrogen-bond donors (Lipinski definition) is 2. The average Bonchev–Trinajstić information content (AvgIpc) is 3.14. The SMILES string of the molecule is Cc1nn(Cc2nc3sc(C)c(-c4ccccc4)c3c(=O)[nH]2)cc1CO. The molecule has 0 aliphatic carbocycles. The largest absolute Gasteiger partial charge is 0.392 e. The van der Waals surface area contributed by atoms with E-state index in [1.165, 1.54) is 11.3 Å². The Morgan fingerprint density at radius 3 is 2.69 bits per heavy atom. The molecule has 3 heterocycles. The summed E-state index contributed by atoms with van der Waals surface area (Å²) in [7, 11) is 0. The summed E-state index contributed by atoms with van der Waals surface area (Å²) in [5.41, 5.74) is 3.37. The number of nitrogens with zero attached hydrogens (tertiary/aromatic N) is 3. The Kier molecular flexibility index (Phi) is 4.18. The first-order valence-corrected chi connectivity index (χ1v) is 9.10. The molecule has 6 nitrogen and oxygen atoms in total. The van der Waals surface area contributed by atoms with Crippen molar-refractivity contribution in [2.24, 2.45) is 0 Å². The fourth-order valence-corrected chi connectivity index (χ4v) is 4.20. The van der Waals surface area contributed by atoms with Gasteiger partial charge in [0.1, 0.15) is 10.7 Å². The summed E-state index contributed by atoms with van der Waals surface area (Å²) < 4.78 is 1.68. The quantitative estimate of drug-likeness (QED) is 0.581. The zero-order chi connectivity index (χ0) is 18.3. The molecule has 0 aliphatic rings. The van der Waals surface area contributed by atoms with Gasteiger partial charge >= 0.3 is 0 Å². The Hall–Kier alpha value is -2.77. The van der Waals surface area contributed by atoms with Crippen LogP contribution in [0, 0.1) is 13.8 Å². The van der Waals surface area contributed by atoms with E-state index in [0.717, 1.165) is 32.1 Å². The Morgan fingerprint density at radius 2 is 2.00 bits per heavy atom. The van der Waals surface area contributed by atoms with Gasteiger partial charge < -0.3 is 10.1 Å². The zero-order valence-electron chi connectivity index (χ0n) is 14.5. The fraction of sp³-hybridized carbons (Fsp3) is 0.211. The van der Waals surface area contributed by atoms with Gasteiger partial charge in [0.2, 0.25) is 0 Å². The molecule has 3 aromatic heterocycles. The molecule has 2 N–H and O–H groups in total. The van der Waals surface area contributed by atoms with Crippen molar-refractivity contribution >= 4 is 21.6 Å². The van der Waals surface area contributed by atoms with E-state index in [2.05, 4.69) is 15.1 Å². The number of nitrogens with one attached hydrogen (secondary N) is 1.